The predicted octanol–water partition coefficient (Wildman–Crippen LogP) is 3.03. The van der Waals surface area contributed by atoms with Gasteiger partial charge in [0.05, 0.1) is 12.2 Å². The quantitative estimate of drug-likeness (QED) is 0.750. The molecule has 1 heterocycles. The van der Waals surface area contributed by atoms with Crippen molar-refractivity contribution in [2.75, 3.05) is 11.9 Å². The molecule has 2 aromatic carbocycles. The fourth-order valence-electron chi connectivity index (χ4n) is 2.48. The average Bonchev–Trinajstić information content (AvgIpc) is 3.12. The second-order valence-electron chi connectivity index (χ2n) is 6.02. The van der Waals surface area contributed by atoms with Gasteiger partial charge in [-0.3, -0.25) is 4.79 Å². The molecule has 0 aliphatic carbocycles. The summed E-state index contributed by atoms with van der Waals surface area (Å²) in [7, 11) is 0. The molecule has 0 aliphatic rings. The molecule has 0 aliphatic heterocycles. The third kappa shape index (κ3) is 3.75. The monoisotopic (exact) mass is 335 g/mol. The molecule has 3 rings (SSSR count). The number of para-hydroxylation sites is 1. The standard InChI is InChI=1S/C19H21N5O/c1-13-8-9-15(18-12-24(23-22-18)14(2)11-20)10-17(13)19(25)21-16-6-4-3-5-7-16/h3-10,12,14H,11,20H2,1-2H3,(H,21,25)/t14-/m0/s1. The van der Waals surface area contributed by atoms with Gasteiger partial charge in [-0.15, -0.1) is 5.10 Å². The second kappa shape index (κ2) is 7.27. The Morgan fingerprint density at radius 1 is 1.24 bits per heavy atom. The van der Waals surface area contributed by atoms with Gasteiger partial charge in [0.2, 0.25) is 0 Å². The number of aromatic nitrogens is 3. The maximum Gasteiger partial charge on any atom is 0.255 e. The Morgan fingerprint density at radius 2 is 2.00 bits per heavy atom. The van der Waals surface area contributed by atoms with Crippen LogP contribution < -0.4 is 11.1 Å². The molecule has 3 aromatic rings. The van der Waals surface area contributed by atoms with Crippen LogP contribution in [0, 0.1) is 6.92 Å². The van der Waals surface area contributed by atoms with Crippen LogP contribution in [-0.4, -0.2) is 27.4 Å². The number of rotatable bonds is 5. The molecule has 128 valence electrons. The van der Waals surface area contributed by atoms with E-state index in [0.29, 0.717) is 17.8 Å². The molecule has 0 saturated heterocycles. The van der Waals surface area contributed by atoms with Gasteiger partial charge in [-0.2, -0.15) is 0 Å². The van der Waals surface area contributed by atoms with E-state index in [1.54, 1.807) is 4.68 Å². The zero-order valence-electron chi connectivity index (χ0n) is 14.3. The predicted molar refractivity (Wildman–Crippen MR) is 98.4 cm³/mol. The molecule has 1 amide bonds. The third-order valence-corrected chi connectivity index (χ3v) is 4.11. The van der Waals surface area contributed by atoms with Crippen molar-refractivity contribution in [3.05, 3.63) is 65.9 Å². The number of hydrogen-bond donors (Lipinski definition) is 2. The summed E-state index contributed by atoms with van der Waals surface area (Å²) in [5, 5.41) is 11.2. The van der Waals surface area contributed by atoms with Crippen molar-refractivity contribution >= 4 is 11.6 Å². The first kappa shape index (κ1) is 16.9. The SMILES string of the molecule is Cc1ccc(-c2cn([C@@H](C)CN)nn2)cc1C(=O)Nc1ccccc1. The smallest absolute Gasteiger partial charge is 0.255 e. The van der Waals surface area contributed by atoms with Gasteiger partial charge in [-0.05, 0) is 37.6 Å². The van der Waals surface area contributed by atoms with Crippen LogP contribution in [-0.2, 0) is 0 Å². The number of carbonyl (C=O) groups is 1. The van der Waals surface area contributed by atoms with E-state index in [2.05, 4.69) is 15.6 Å². The Hall–Kier alpha value is -2.99. The molecule has 0 bridgehead atoms. The van der Waals surface area contributed by atoms with E-state index in [0.717, 1.165) is 16.8 Å². The van der Waals surface area contributed by atoms with Crippen LogP contribution in [0.3, 0.4) is 0 Å². The third-order valence-electron chi connectivity index (χ3n) is 4.11. The zero-order chi connectivity index (χ0) is 17.8. The Bertz CT molecular complexity index is 873. The van der Waals surface area contributed by atoms with Gasteiger partial charge >= 0.3 is 0 Å². The Balaban J connectivity index is 1.87. The summed E-state index contributed by atoms with van der Waals surface area (Å²) in [6.45, 7) is 4.38. The van der Waals surface area contributed by atoms with E-state index in [1.165, 1.54) is 0 Å². The zero-order valence-corrected chi connectivity index (χ0v) is 14.3. The highest BCUT2D eigenvalue weighted by atomic mass is 16.1. The van der Waals surface area contributed by atoms with Gasteiger partial charge in [-0.1, -0.05) is 35.5 Å². The van der Waals surface area contributed by atoms with Crippen molar-refractivity contribution in [1.29, 1.82) is 0 Å². The highest BCUT2D eigenvalue weighted by Crippen LogP contribution is 2.22. The molecular formula is C19H21N5O. The highest BCUT2D eigenvalue weighted by molar-refractivity contribution is 6.05. The van der Waals surface area contributed by atoms with Gasteiger partial charge in [0.25, 0.3) is 5.91 Å². The first-order valence-corrected chi connectivity index (χ1v) is 8.18. The van der Waals surface area contributed by atoms with Crippen LogP contribution in [0.25, 0.3) is 11.3 Å². The van der Waals surface area contributed by atoms with Crippen LogP contribution in [0.5, 0.6) is 0 Å². The average molecular weight is 335 g/mol. The van der Waals surface area contributed by atoms with Crippen LogP contribution >= 0.6 is 0 Å². The number of amides is 1. The van der Waals surface area contributed by atoms with E-state index >= 15 is 0 Å². The molecule has 1 aromatic heterocycles. The van der Waals surface area contributed by atoms with Crippen LogP contribution in [0.15, 0.2) is 54.7 Å². The first-order chi connectivity index (χ1) is 12.1. The number of aryl methyl sites for hydroxylation is 1. The lowest BCUT2D eigenvalue weighted by Gasteiger charge is -2.09. The molecule has 6 heteroatoms. The van der Waals surface area contributed by atoms with E-state index in [4.69, 9.17) is 5.73 Å². The Morgan fingerprint density at radius 3 is 2.72 bits per heavy atom. The summed E-state index contributed by atoms with van der Waals surface area (Å²) < 4.78 is 1.74. The largest absolute Gasteiger partial charge is 0.328 e. The fraction of sp³-hybridized carbons (Fsp3) is 0.211. The molecule has 0 radical (unpaired) electrons. The van der Waals surface area contributed by atoms with Crippen molar-refractivity contribution in [1.82, 2.24) is 15.0 Å². The topological polar surface area (TPSA) is 85.8 Å². The minimum atomic E-state index is -0.145. The van der Waals surface area contributed by atoms with Crippen molar-refractivity contribution in [3.63, 3.8) is 0 Å². The number of nitrogens with two attached hydrogens (primary N) is 1. The van der Waals surface area contributed by atoms with Gasteiger partial charge in [0.1, 0.15) is 5.69 Å². The molecule has 25 heavy (non-hydrogen) atoms. The van der Waals surface area contributed by atoms with Crippen LogP contribution in [0.4, 0.5) is 5.69 Å². The van der Waals surface area contributed by atoms with Crippen molar-refractivity contribution in [2.24, 2.45) is 5.73 Å². The number of nitrogens with zero attached hydrogens (tertiary/aromatic N) is 3. The normalized spacial score (nSPS) is 12.0. The maximum atomic E-state index is 12.6. The van der Waals surface area contributed by atoms with Crippen LogP contribution in [0.1, 0.15) is 28.9 Å². The lowest BCUT2D eigenvalue weighted by molar-refractivity contribution is 0.102. The summed E-state index contributed by atoms with van der Waals surface area (Å²) in [6, 6.07) is 15.2. The highest BCUT2D eigenvalue weighted by Gasteiger charge is 2.13. The van der Waals surface area contributed by atoms with Gasteiger partial charge < -0.3 is 11.1 Å². The van der Waals surface area contributed by atoms with E-state index in [9.17, 15) is 4.79 Å². The Labute approximate surface area is 146 Å². The van der Waals surface area contributed by atoms with Crippen LogP contribution in [0.2, 0.25) is 0 Å². The molecule has 3 N–H and O–H groups in total. The number of benzene rings is 2. The molecule has 6 nitrogen and oxygen atoms in total. The number of hydrogen-bond acceptors (Lipinski definition) is 4. The summed E-state index contributed by atoms with van der Waals surface area (Å²) in [5.41, 5.74) is 9.51. The van der Waals surface area contributed by atoms with E-state index in [-0.39, 0.29) is 11.9 Å². The van der Waals surface area contributed by atoms with Crippen molar-refractivity contribution in [3.8, 4) is 11.3 Å². The minimum Gasteiger partial charge on any atom is -0.328 e. The fourth-order valence-corrected chi connectivity index (χ4v) is 2.48. The van der Waals surface area contributed by atoms with Gasteiger partial charge in [0.15, 0.2) is 0 Å². The van der Waals surface area contributed by atoms with Gasteiger partial charge in [-0.25, -0.2) is 4.68 Å². The number of nitrogens with one attached hydrogen (secondary N) is 1. The lowest BCUT2D eigenvalue weighted by atomic mass is 10.0. The molecule has 0 fully saturated rings. The molecule has 0 spiro atoms. The minimum absolute atomic E-state index is 0.0764. The molecule has 0 unspecified atom stereocenters. The summed E-state index contributed by atoms with van der Waals surface area (Å²) >= 11 is 0. The summed E-state index contributed by atoms with van der Waals surface area (Å²) in [5.74, 6) is -0.145. The van der Waals surface area contributed by atoms with Gasteiger partial charge in [0, 0.05) is 23.4 Å². The van der Waals surface area contributed by atoms with E-state index < -0.39 is 0 Å². The molecule has 0 saturated carbocycles. The van der Waals surface area contributed by atoms with Crippen molar-refractivity contribution < 1.29 is 4.79 Å². The lowest BCUT2D eigenvalue weighted by Crippen LogP contribution is -2.16. The maximum absolute atomic E-state index is 12.6. The first-order valence-electron chi connectivity index (χ1n) is 8.18. The second-order valence-corrected chi connectivity index (χ2v) is 6.02. The number of anilines is 1. The Kier molecular flexibility index (Phi) is 4.90. The van der Waals surface area contributed by atoms with E-state index in [1.807, 2.05) is 68.6 Å². The molecular weight excluding hydrogens is 314 g/mol. The summed E-state index contributed by atoms with van der Waals surface area (Å²) in [6.07, 6.45) is 1.85. The molecule has 1 atom stereocenters. The van der Waals surface area contributed by atoms with Crippen molar-refractivity contribution in [2.45, 2.75) is 19.9 Å². The summed E-state index contributed by atoms with van der Waals surface area (Å²) in [4.78, 5) is 12.6. The number of carbonyl (C=O) groups excluding carboxylic acids is 1.